The number of carbonyl (C=O) groups is 1. The van der Waals surface area contributed by atoms with Crippen LogP contribution in [0, 0.1) is 12.3 Å². The third kappa shape index (κ3) is 5.29. The average molecular weight is 493 g/mol. The summed E-state index contributed by atoms with van der Waals surface area (Å²) in [6.45, 7) is 15.3. The van der Waals surface area contributed by atoms with Crippen molar-refractivity contribution in [2.45, 2.75) is 72.0 Å². The zero-order chi connectivity index (χ0) is 23.0. The van der Waals surface area contributed by atoms with Crippen LogP contribution in [0.4, 0.5) is 5.82 Å². The largest absolute Gasteiger partial charge is 0.479 e. The summed E-state index contributed by atoms with van der Waals surface area (Å²) in [7, 11) is 0. The number of ether oxygens (including phenoxy) is 1. The minimum absolute atomic E-state index is 0.255. The van der Waals surface area contributed by atoms with Crippen LogP contribution >= 0.6 is 15.9 Å². The van der Waals surface area contributed by atoms with Crippen LogP contribution in [0.1, 0.15) is 70.7 Å². The summed E-state index contributed by atoms with van der Waals surface area (Å²) >= 11 is 3.45. The van der Waals surface area contributed by atoms with Crippen LogP contribution in [0.25, 0.3) is 5.65 Å². The maximum Gasteiger partial charge on any atom is 0.337 e. The van der Waals surface area contributed by atoms with Crippen molar-refractivity contribution in [1.82, 2.24) is 14.6 Å². The molecule has 0 aliphatic carbocycles. The van der Waals surface area contributed by atoms with E-state index in [1.54, 1.807) is 4.52 Å². The molecule has 1 fully saturated rings. The highest BCUT2D eigenvalue weighted by atomic mass is 79.9. The van der Waals surface area contributed by atoms with E-state index in [2.05, 4.69) is 44.4 Å². The second kappa shape index (κ2) is 8.90. The maximum atomic E-state index is 12.3. The minimum atomic E-state index is -1.14. The van der Waals surface area contributed by atoms with E-state index in [4.69, 9.17) is 4.74 Å². The highest BCUT2D eigenvalue weighted by Gasteiger charge is 2.37. The molecule has 1 aliphatic rings. The quantitative estimate of drug-likeness (QED) is 0.527. The first-order valence-corrected chi connectivity index (χ1v) is 11.6. The Balaban J connectivity index is 2.10. The molecule has 0 radical (unpaired) electrons. The summed E-state index contributed by atoms with van der Waals surface area (Å²) in [4.78, 5) is 19.2. The van der Waals surface area contributed by atoms with Crippen LogP contribution in [0.3, 0.4) is 0 Å². The predicted octanol–water partition coefficient (Wildman–Crippen LogP) is 5.31. The monoisotopic (exact) mass is 492 g/mol. The van der Waals surface area contributed by atoms with E-state index in [1.807, 2.05) is 39.8 Å². The van der Waals surface area contributed by atoms with Gasteiger partial charge in [0.1, 0.15) is 10.4 Å². The van der Waals surface area contributed by atoms with E-state index < -0.39 is 17.7 Å². The number of anilines is 1. The molecule has 7 nitrogen and oxygen atoms in total. The number of aliphatic carboxylic acids is 1. The SMILES string of the molecule is C=CCCC1(C)CCN(c2c(C(OC(C)(C)C)C(=O)O)c(C)nc3cc(Br)nn23)CC1. The van der Waals surface area contributed by atoms with Gasteiger partial charge in [-0.1, -0.05) is 13.0 Å². The molecule has 1 unspecified atom stereocenters. The molecular formula is C23H33BrN4O3. The van der Waals surface area contributed by atoms with Crippen molar-refractivity contribution in [2.24, 2.45) is 5.41 Å². The van der Waals surface area contributed by atoms with E-state index in [-0.39, 0.29) is 5.41 Å². The molecular weight excluding hydrogens is 460 g/mol. The first-order valence-electron chi connectivity index (χ1n) is 10.8. The molecule has 2 aromatic heterocycles. The van der Waals surface area contributed by atoms with Gasteiger partial charge in [-0.3, -0.25) is 0 Å². The first kappa shape index (κ1) is 23.7. The van der Waals surface area contributed by atoms with Crippen LogP contribution in [-0.2, 0) is 9.53 Å². The lowest BCUT2D eigenvalue weighted by atomic mass is 9.76. The van der Waals surface area contributed by atoms with Crippen LogP contribution in [0.15, 0.2) is 23.3 Å². The molecule has 0 spiro atoms. The van der Waals surface area contributed by atoms with Crippen molar-refractivity contribution in [1.29, 1.82) is 0 Å². The molecule has 1 saturated heterocycles. The Labute approximate surface area is 192 Å². The van der Waals surface area contributed by atoms with Gasteiger partial charge in [-0.2, -0.15) is 9.61 Å². The van der Waals surface area contributed by atoms with E-state index in [1.165, 1.54) is 0 Å². The molecule has 0 aromatic carbocycles. The molecule has 0 bridgehead atoms. The number of carboxylic acid groups (broad SMARTS) is 1. The highest BCUT2D eigenvalue weighted by molar-refractivity contribution is 9.10. The summed E-state index contributed by atoms with van der Waals surface area (Å²) in [5.74, 6) is -0.268. The van der Waals surface area contributed by atoms with Crippen molar-refractivity contribution < 1.29 is 14.6 Å². The number of aryl methyl sites for hydroxylation is 1. The standard InChI is InChI=1S/C23H33BrN4O3/c1-7-8-9-23(6)10-12-27(13-11-23)20-18(19(21(29)30)31-22(3,4)5)15(2)25-17-14-16(24)26-28(17)20/h7,14,19H,1,8-13H2,2-6H3,(H,29,30). The lowest BCUT2D eigenvalue weighted by molar-refractivity contribution is -0.160. The Bertz CT molecular complexity index is 971. The van der Waals surface area contributed by atoms with E-state index in [9.17, 15) is 9.90 Å². The number of nitrogens with zero attached hydrogens (tertiary/aromatic N) is 4. The summed E-state index contributed by atoms with van der Waals surface area (Å²) in [5.41, 5.74) is 1.53. The fourth-order valence-electron chi connectivity index (χ4n) is 4.24. The van der Waals surface area contributed by atoms with Gasteiger partial charge in [0.15, 0.2) is 11.8 Å². The van der Waals surface area contributed by atoms with Gasteiger partial charge in [-0.05, 0) is 74.7 Å². The topological polar surface area (TPSA) is 80.0 Å². The summed E-state index contributed by atoms with van der Waals surface area (Å²) in [6.07, 6.45) is 5.00. The smallest absolute Gasteiger partial charge is 0.337 e. The molecule has 3 rings (SSSR count). The van der Waals surface area contributed by atoms with Crippen LogP contribution in [0.5, 0.6) is 0 Å². The number of hydrogen-bond donors (Lipinski definition) is 1. The highest BCUT2D eigenvalue weighted by Crippen LogP contribution is 2.40. The fraction of sp³-hybridized carbons (Fsp3) is 0.609. The summed E-state index contributed by atoms with van der Waals surface area (Å²) in [6, 6.07) is 1.85. The number of fused-ring (bicyclic) bond motifs is 1. The Hall–Kier alpha value is -1.93. The van der Waals surface area contributed by atoms with Gasteiger partial charge in [0.2, 0.25) is 0 Å². The summed E-state index contributed by atoms with van der Waals surface area (Å²) in [5, 5.41) is 14.7. The number of halogens is 1. The Morgan fingerprint density at radius 2 is 2.06 bits per heavy atom. The first-order chi connectivity index (χ1) is 14.4. The molecule has 170 valence electrons. The molecule has 1 atom stereocenters. The third-order valence-corrected chi connectivity index (χ3v) is 6.34. The van der Waals surface area contributed by atoms with Crippen molar-refractivity contribution >= 4 is 33.4 Å². The lowest BCUT2D eigenvalue weighted by Gasteiger charge is -2.41. The molecule has 0 saturated carbocycles. The molecule has 8 heteroatoms. The fourth-order valence-corrected chi connectivity index (χ4v) is 4.61. The lowest BCUT2D eigenvalue weighted by Crippen LogP contribution is -2.41. The number of piperidine rings is 1. The number of hydrogen-bond acceptors (Lipinski definition) is 5. The number of carboxylic acids is 1. The minimum Gasteiger partial charge on any atom is -0.479 e. The molecule has 1 aliphatic heterocycles. The zero-order valence-electron chi connectivity index (χ0n) is 19.1. The second-order valence-electron chi connectivity index (χ2n) is 9.75. The third-order valence-electron chi connectivity index (χ3n) is 5.95. The van der Waals surface area contributed by atoms with Crippen LogP contribution < -0.4 is 4.90 Å². The molecule has 31 heavy (non-hydrogen) atoms. The van der Waals surface area contributed by atoms with Gasteiger partial charge in [-0.15, -0.1) is 6.58 Å². The molecule has 0 amide bonds. The molecule has 1 N–H and O–H groups in total. The van der Waals surface area contributed by atoms with Crippen LogP contribution in [0.2, 0.25) is 0 Å². The Kier molecular flexibility index (Phi) is 6.81. The van der Waals surface area contributed by atoms with Gasteiger partial charge >= 0.3 is 5.97 Å². The van der Waals surface area contributed by atoms with Gasteiger partial charge in [-0.25, -0.2) is 9.78 Å². The normalized spacial score (nSPS) is 17.7. The Morgan fingerprint density at radius 1 is 1.42 bits per heavy atom. The van der Waals surface area contributed by atoms with Gasteiger partial charge in [0.25, 0.3) is 0 Å². The number of allylic oxidation sites excluding steroid dienone is 1. The van der Waals surface area contributed by atoms with Crippen molar-refractivity contribution in [2.75, 3.05) is 18.0 Å². The van der Waals surface area contributed by atoms with E-state index in [0.29, 0.717) is 21.5 Å². The van der Waals surface area contributed by atoms with Crippen molar-refractivity contribution in [3.05, 3.63) is 34.6 Å². The average Bonchev–Trinajstić information content (AvgIpc) is 3.03. The second-order valence-corrected chi connectivity index (χ2v) is 10.6. The van der Waals surface area contributed by atoms with Gasteiger partial charge in [0, 0.05) is 24.8 Å². The van der Waals surface area contributed by atoms with E-state index >= 15 is 0 Å². The number of aromatic nitrogens is 3. The van der Waals surface area contributed by atoms with E-state index in [0.717, 1.165) is 44.6 Å². The summed E-state index contributed by atoms with van der Waals surface area (Å²) < 4.78 is 8.43. The molecule has 2 aromatic rings. The van der Waals surface area contributed by atoms with Gasteiger partial charge < -0.3 is 14.7 Å². The van der Waals surface area contributed by atoms with Crippen molar-refractivity contribution in [3.63, 3.8) is 0 Å². The maximum absolute atomic E-state index is 12.3. The van der Waals surface area contributed by atoms with Crippen molar-refractivity contribution in [3.8, 4) is 0 Å². The zero-order valence-corrected chi connectivity index (χ0v) is 20.7. The van der Waals surface area contributed by atoms with Crippen LogP contribution in [-0.4, -0.2) is 44.4 Å². The predicted molar refractivity (Wildman–Crippen MR) is 126 cm³/mol. The Morgan fingerprint density at radius 3 is 2.61 bits per heavy atom. The van der Waals surface area contributed by atoms with Gasteiger partial charge in [0.05, 0.1) is 11.2 Å². The number of rotatable bonds is 7. The molecule has 3 heterocycles.